The van der Waals surface area contributed by atoms with Gasteiger partial charge in [0.2, 0.25) is 11.8 Å². The monoisotopic (exact) mass is 553 g/mol. The van der Waals surface area contributed by atoms with E-state index >= 15 is 8.78 Å². The molecule has 4 heterocycles. The lowest BCUT2D eigenvalue weighted by atomic mass is 10.0. The Morgan fingerprint density at radius 3 is 2.64 bits per heavy atom. The molecule has 1 fully saturated rings. The molecule has 0 bridgehead atoms. The van der Waals surface area contributed by atoms with E-state index in [2.05, 4.69) is 20.4 Å². The van der Waals surface area contributed by atoms with Crippen molar-refractivity contribution in [3.05, 3.63) is 35.8 Å². The van der Waals surface area contributed by atoms with Crippen molar-refractivity contribution in [2.24, 2.45) is 0 Å². The van der Waals surface area contributed by atoms with E-state index in [-0.39, 0.29) is 51.9 Å². The molecule has 1 aliphatic heterocycles. The van der Waals surface area contributed by atoms with Crippen molar-refractivity contribution in [2.75, 3.05) is 45.8 Å². The van der Waals surface area contributed by atoms with E-state index in [1.54, 1.807) is 7.11 Å². The van der Waals surface area contributed by atoms with E-state index in [0.29, 0.717) is 26.1 Å². The fraction of sp³-hybridized carbons (Fsp3) is 0.480. The summed E-state index contributed by atoms with van der Waals surface area (Å²) in [5.41, 5.74) is 0.110. The number of methoxy groups -OCH3 is 2. The minimum atomic E-state index is -2.69. The van der Waals surface area contributed by atoms with Crippen LogP contribution in [0.1, 0.15) is 12.2 Å². The summed E-state index contributed by atoms with van der Waals surface area (Å²) in [7, 11) is 2.92. The van der Waals surface area contributed by atoms with E-state index in [9.17, 15) is 13.2 Å². The summed E-state index contributed by atoms with van der Waals surface area (Å²) in [6, 6.07) is 1.91. The Labute approximate surface area is 220 Å². The van der Waals surface area contributed by atoms with E-state index in [0.717, 1.165) is 12.3 Å². The first-order valence-corrected chi connectivity index (χ1v) is 12.4. The predicted molar refractivity (Wildman–Crippen MR) is 134 cm³/mol. The van der Waals surface area contributed by atoms with Crippen LogP contribution in [0.15, 0.2) is 18.3 Å². The fourth-order valence-corrected chi connectivity index (χ4v) is 5.03. The molecular formula is C25H28F5N7O2. The molecule has 1 N–H and O–H groups in total. The first kappa shape index (κ1) is 27.1. The number of fused-ring (bicyclic) bond motifs is 2. The molecular weight excluding hydrogens is 525 g/mol. The van der Waals surface area contributed by atoms with Gasteiger partial charge in [-0.2, -0.15) is 4.98 Å². The summed E-state index contributed by atoms with van der Waals surface area (Å²) in [4.78, 5) is 10.3. The average Bonchev–Trinajstić information content (AvgIpc) is 3.39. The van der Waals surface area contributed by atoms with Gasteiger partial charge in [0.05, 0.1) is 43.6 Å². The molecule has 3 aromatic heterocycles. The van der Waals surface area contributed by atoms with Crippen LogP contribution < -0.4 is 10.1 Å². The van der Waals surface area contributed by atoms with Crippen LogP contribution in [0.25, 0.3) is 27.7 Å². The van der Waals surface area contributed by atoms with Gasteiger partial charge in [0, 0.05) is 26.7 Å². The van der Waals surface area contributed by atoms with E-state index in [1.807, 2.05) is 4.90 Å². The van der Waals surface area contributed by atoms with Gasteiger partial charge in [0.25, 0.3) is 6.43 Å². The number of hydrogen-bond acceptors (Lipinski definition) is 7. The first-order valence-electron chi connectivity index (χ1n) is 12.4. The maximum atomic E-state index is 15.3. The van der Waals surface area contributed by atoms with Crippen molar-refractivity contribution >= 4 is 22.5 Å². The fourth-order valence-electron chi connectivity index (χ4n) is 5.03. The number of hydrogen-bond donors (Lipinski definition) is 1. The van der Waals surface area contributed by atoms with Crippen molar-refractivity contribution < 1.29 is 31.4 Å². The molecule has 1 aromatic carbocycles. The number of aryl methyl sites for hydroxylation is 1. The largest absolute Gasteiger partial charge is 0.479 e. The molecule has 1 saturated heterocycles. The van der Waals surface area contributed by atoms with Crippen LogP contribution in [0.2, 0.25) is 0 Å². The van der Waals surface area contributed by atoms with E-state index in [1.165, 1.54) is 29.2 Å². The maximum Gasteiger partial charge on any atom is 0.256 e. The minimum absolute atomic E-state index is 0.0305. The number of imidazole rings is 1. The predicted octanol–water partition coefficient (Wildman–Crippen LogP) is 4.08. The number of piperidine rings is 1. The Morgan fingerprint density at radius 2 is 1.95 bits per heavy atom. The topological polar surface area (TPSA) is 81.7 Å². The van der Waals surface area contributed by atoms with Crippen molar-refractivity contribution in [2.45, 2.75) is 38.5 Å². The molecule has 0 aliphatic carbocycles. The second-order valence-corrected chi connectivity index (χ2v) is 9.43. The third-order valence-corrected chi connectivity index (χ3v) is 6.91. The van der Waals surface area contributed by atoms with Crippen LogP contribution in [-0.2, 0) is 11.3 Å². The zero-order chi connectivity index (χ0) is 27.8. The maximum absolute atomic E-state index is 15.3. The molecule has 1 aliphatic rings. The summed E-state index contributed by atoms with van der Waals surface area (Å²) in [5, 5.41) is 7.28. The van der Waals surface area contributed by atoms with Crippen LogP contribution in [0, 0.1) is 18.6 Å². The summed E-state index contributed by atoms with van der Waals surface area (Å²) in [5.74, 6) is -1.34. The number of nitrogens with one attached hydrogen (secondary N) is 1. The number of alkyl halides is 3. The molecule has 0 unspecified atom stereocenters. The number of aromatic nitrogens is 5. The standard InChI is InChI=1S/C25H28F5N7O2/c1-13-31-22-15(26)8-14(9-19(22)36(13)12-20(29)30)21-17(28)11-37-23(21)24(39-3)33-25(34-37)32-18-4-5-35(6-7-38-2)10-16(18)27/h8-9,11,16,18,20H,4-7,10,12H2,1-3H3,(H,32,34)/t16-,18+/m1/s1. The first-order chi connectivity index (χ1) is 18.7. The van der Waals surface area contributed by atoms with Gasteiger partial charge in [-0.05, 0) is 31.0 Å². The van der Waals surface area contributed by atoms with Crippen LogP contribution in [0.4, 0.5) is 27.9 Å². The average molecular weight is 554 g/mol. The summed E-state index contributed by atoms with van der Waals surface area (Å²) in [6.07, 6.45) is -2.33. The van der Waals surface area contributed by atoms with Crippen LogP contribution in [-0.4, -0.2) is 88.1 Å². The Hall–Kier alpha value is -3.52. The Morgan fingerprint density at radius 1 is 1.15 bits per heavy atom. The van der Waals surface area contributed by atoms with Gasteiger partial charge in [-0.1, -0.05) is 0 Å². The zero-order valence-corrected chi connectivity index (χ0v) is 21.6. The highest BCUT2D eigenvalue weighted by atomic mass is 19.3. The van der Waals surface area contributed by atoms with Crippen LogP contribution in [0.5, 0.6) is 5.88 Å². The Balaban J connectivity index is 1.51. The van der Waals surface area contributed by atoms with E-state index in [4.69, 9.17) is 9.47 Å². The number of likely N-dealkylation sites (tertiary alicyclic amines) is 1. The van der Waals surface area contributed by atoms with Crippen molar-refractivity contribution in [3.63, 3.8) is 0 Å². The number of nitrogens with zero attached hydrogens (tertiary/aromatic N) is 6. The number of benzene rings is 1. The second kappa shape index (κ2) is 10.9. The van der Waals surface area contributed by atoms with Gasteiger partial charge < -0.3 is 19.4 Å². The zero-order valence-electron chi connectivity index (χ0n) is 21.6. The molecule has 0 spiro atoms. The van der Waals surface area contributed by atoms with Crippen molar-refractivity contribution in [1.29, 1.82) is 0 Å². The number of rotatable bonds is 9. The van der Waals surface area contributed by atoms with Crippen LogP contribution >= 0.6 is 0 Å². The lowest BCUT2D eigenvalue weighted by Crippen LogP contribution is -2.48. The van der Waals surface area contributed by atoms with Gasteiger partial charge >= 0.3 is 0 Å². The summed E-state index contributed by atoms with van der Waals surface area (Å²) >= 11 is 0. The molecule has 0 radical (unpaired) electrons. The Bertz CT molecular complexity index is 1490. The lowest BCUT2D eigenvalue weighted by Gasteiger charge is -2.34. The molecule has 5 rings (SSSR count). The van der Waals surface area contributed by atoms with Gasteiger partial charge in [-0.15, -0.1) is 5.10 Å². The van der Waals surface area contributed by atoms with Crippen molar-refractivity contribution in [3.8, 4) is 17.0 Å². The molecule has 2 atom stereocenters. The van der Waals surface area contributed by atoms with Gasteiger partial charge in [0.15, 0.2) is 11.6 Å². The molecule has 14 heteroatoms. The van der Waals surface area contributed by atoms with Crippen LogP contribution in [0.3, 0.4) is 0 Å². The number of ether oxygens (including phenoxy) is 2. The highest BCUT2D eigenvalue weighted by Gasteiger charge is 2.30. The van der Waals surface area contributed by atoms with Gasteiger partial charge in [0.1, 0.15) is 23.0 Å². The van der Waals surface area contributed by atoms with Gasteiger partial charge in [-0.3, -0.25) is 4.90 Å². The molecule has 210 valence electrons. The van der Waals surface area contributed by atoms with E-state index < -0.39 is 36.8 Å². The number of anilines is 1. The smallest absolute Gasteiger partial charge is 0.256 e. The summed E-state index contributed by atoms with van der Waals surface area (Å²) < 4.78 is 84.5. The molecule has 4 aromatic rings. The third-order valence-electron chi connectivity index (χ3n) is 6.91. The Kier molecular flexibility index (Phi) is 7.58. The molecule has 39 heavy (non-hydrogen) atoms. The van der Waals surface area contributed by atoms with Gasteiger partial charge in [-0.25, -0.2) is 31.5 Å². The highest BCUT2D eigenvalue weighted by Crippen LogP contribution is 2.37. The number of halogens is 5. The quantitative estimate of drug-likeness (QED) is 0.313. The second-order valence-electron chi connectivity index (χ2n) is 9.43. The highest BCUT2D eigenvalue weighted by molar-refractivity contribution is 5.90. The minimum Gasteiger partial charge on any atom is -0.479 e. The summed E-state index contributed by atoms with van der Waals surface area (Å²) in [6.45, 7) is 2.81. The normalized spacial score (nSPS) is 18.5. The van der Waals surface area contributed by atoms with Crippen molar-refractivity contribution in [1.82, 2.24) is 29.0 Å². The lowest BCUT2D eigenvalue weighted by molar-refractivity contribution is 0.0918. The molecule has 0 amide bonds. The molecule has 0 saturated carbocycles. The molecule has 9 nitrogen and oxygen atoms in total. The third kappa shape index (κ3) is 5.22. The SMILES string of the molecule is COCCN1CC[C@H](Nc2nc(OC)c3c(-c4cc(F)c5nc(C)n(CC(F)F)c5c4)c(F)cn3n2)[C@H](F)C1.